The molecule has 0 aliphatic carbocycles. The fourth-order valence-electron chi connectivity index (χ4n) is 3.95. The Labute approximate surface area is 177 Å². The maximum Gasteiger partial charge on any atom is 0.229 e. The monoisotopic (exact) mass is 412 g/mol. The lowest BCUT2D eigenvalue weighted by Crippen LogP contribution is -2.35. The van der Waals surface area contributed by atoms with Crippen molar-refractivity contribution in [2.45, 2.75) is 39.7 Å². The van der Waals surface area contributed by atoms with Gasteiger partial charge in [0.25, 0.3) is 0 Å². The number of halogens is 2. The van der Waals surface area contributed by atoms with Crippen molar-refractivity contribution in [2.75, 3.05) is 16.8 Å². The Kier molecular flexibility index (Phi) is 6.38. The number of rotatable bonds is 4. The summed E-state index contributed by atoms with van der Waals surface area (Å²) < 4.78 is 13.2. The van der Waals surface area contributed by atoms with Crippen LogP contribution in [0.2, 0.25) is 0 Å². The Bertz CT molecular complexity index is 991. The van der Waals surface area contributed by atoms with Crippen LogP contribution in [-0.2, 0) is 12.8 Å². The average Bonchev–Trinajstić information content (AvgIpc) is 2.71. The van der Waals surface area contributed by atoms with Gasteiger partial charge in [-0.15, -0.1) is 12.4 Å². The fourth-order valence-corrected chi connectivity index (χ4v) is 3.95. The first-order valence-corrected chi connectivity index (χ1v) is 9.81. The topological polar surface area (TPSA) is 41.1 Å². The van der Waals surface area contributed by atoms with Crippen molar-refractivity contribution >= 4 is 29.9 Å². The van der Waals surface area contributed by atoms with Crippen LogP contribution in [0, 0.1) is 12.7 Å². The zero-order chi connectivity index (χ0) is 19.7. The summed E-state index contributed by atoms with van der Waals surface area (Å²) in [5, 5.41) is 3.23. The second kappa shape index (κ2) is 8.78. The molecule has 1 unspecified atom stereocenters. The number of hydrogen-bond donors (Lipinski definition) is 1. The zero-order valence-corrected chi connectivity index (χ0v) is 17.8. The molecule has 0 spiro atoms. The molecule has 2 heterocycles. The fraction of sp³-hybridized carbons (Fsp3) is 0.304. The van der Waals surface area contributed by atoms with Crippen LogP contribution < -0.4 is 10.2 Å². The second-order valence-corrected chi connectivity index (χ2v) is 7.25. The summed E-state index contributed by atoms with van der Waals surface area (Å²) in [5.41, 5.74) is 5.70. The van der Waals surface area contributed by atoms with E-state index < -0.39 is 0 Å². The number of anilines is 3. The van der Waals surface area contributed by atoms with E-state index in [1.807, 2.05) is 0 Å². The quantitative estimate of drug-likeness (QED) is 0.590. The summed E-state index contributed by atoms with van der Waals surface area (Å²) in [6, 6.07) is 15.1. The largest absolute Gasteiger partial charge is 0.349 e. The van der Waals surface area contributed by atoms with E-state index in [-0.39, 0.29) is 24.3 Å². The van der Waals surface area contributed by atoms with Crippen molar-refractivity contribution in [1.29, 1.82) is 0 Å². The molecule has 0 saturated heterocycles. The van der Waals surface area contributed by atoms with Gasteiger partial charge in [0, 0.05) is 17.8 Å². The van der Waals surface area contributed by atoms with E-state index in [0.717, 1.165) is 42.1 Å². The highest BCUT2D eigenvalue weighted by molar-refractivity contribution is 5.85. The van der Waals surface area contributed by atoms with E-state index in [9.17, 15) is 4.39 Å². The van der Waals surface area contributed by atoms with Crippen LogP contribution in [-0.4, -0.2) is 16.5 Å². The van der Waals surface area contributed by atoms with Gasteiger partial charge in [-0.05, 0) is 62.1 Å². The standard InChI is InChI=1S/C23H25FN4.ClH/c1-4-21-15(2)22(27-23(26-21)25-19-11-9-18(24)10-12-19)28-14-13-17-7-5-6-8-20(17)16(28)3;/h5-12,16H,4,13-14H2,1-3H3,(H,25,26,27);1H. The third-order valence-electron chi connectivity index (χ3n) is 5.52. The van der Waals surface area contributed by atoms with Crippen molar-refractivity contribution in [3.05, 3.63) is 76.7 Å². The van der Waals surface area contributed by atoms with Crippen LogP contribution in [0.1, 0.15) is 42.3 Å². The molecule has 0 amide bonds. The molecule has 1 N–H and O–H groups in total. The van der Waals surface area contributed by atoms with Gasteiger partial charge in [0.2, 0.25) is 5.95 Å². The normalized spacial score (nSPS) is 15.4. The number of aryl methyl sites for hydroxylation is 1. The van der Waals surface area contributed by atoms with Crippen LogP contribution in [0.25, 0.3) is 0 Å². The molecule has 4 nitrogen and oxygen atoms in total. The molecule has 0 fully saturated rings. The van der Waals surface area contributed by atoms with Crippen LogP contribution in [0.5, 0.6) is 0 Å². The number of nitrogens with zero attached hydrogens (tertiary/aromatic N) is 3. The Morgan fingerprint density at radius 3 is 2.55 bits per heavy atom. The van der Waals surface area contributed by atoms with Crippen molar-refractivity contribution in [3.8, 4) is 0 Å². The average molecular weight is 413 g/mol. The van der Waals surface area contributed by atoms with Crippen molar-refractivity contribution in [1.82, 2.24) is 9.97 Å². The predicted molar refractivity (Wildman–Crippen MR) is 119 cm³/mol. The van der Waals surface area contributed by atoms with Gasteiger partial charge in [-0.3, -0.25) is 0 Å². The Balaban J connectivity index is 0.00000240. The highest BCUT2D eigenvalue weighted by Gasteiger charge is 2.27. The summed E-state index contributed by atoms with van der Waals surface area (Å²) >= 11 is 0. The first kappa shape index (κ1) is 21.1. The first-order chi connectivity index (χ1) is 13.6. The molecular formula is C23H26ClFN4. The molecule has 2 aromatic carbocycles. The Morgan fingerprint density at radius 1 is 1.10 bits per heavy atom. The molecule has 0 bridgehead atoms. The smallest absolute Gasteiger partial charge is 0.229 e. The Morgan fingerprint density at radius 2 is 1.83 bits per heavy atom. The van der Waals surface area contributed by atoms with Gasteiger partial charge in [-0.1, -0.05) is 31.2 Å². The minimum Gasteiger partial charge on any atom is -0.349 e. The number of fused-ring (bicyclic) bond motifs is 1. The number of hydrogen-bond acceptors (Lipinski definition) is 4. The lowest BCUT2D eigenvalue weighted by Gasteiger charge is -2.37. The van der Waals surface area contributed by atoms with E-state index in [2.05, 4.69) is 55.3 Å². The van der Waals surface area contributed by atoms with Gasteiger partial charge < -0.3 is 10.2 Å². The van der Waals surface area contributed by atoms with Gasteiger partial charge in [0.1, 0.15) is 11.6 Å². The number of benzene rings is 2. The highest BCUT2D eigenvalue weighted by atomic mass is 35.5. The van der Waals surface area contributed by atoms with E-state index in [4.69, 9.17) is 9.97 Å². The molecular weight excluding hydrogens is 387 g/mol. The third kappa shape index (κ3) is 4.20. The van der Waals surface area contributed by atoms with Crippen LogP contribution >= 0.6 is 12.4 Å². The molecule has 1 aliphatic rings. The molecule has 1 aromatic heterocycles. The molecule has 6 heteroatoms. The van der Waals surface area contributed by atoms with Gasteiger partial charge >= 0.3 is 0 Å². The van der Waals surface area contributed by atoms with Crippen LogP contribution in [0.4, 0.5) is 21.8 Å². The Hall–Kier alpha value is -2.66. The van der Waals surface area contributed by atoms with E-state index in [1.54, 1.807) is 12.1 Å². The molecule has 3 aromatic rings. The van der Waals surface area contributed by atoms with Gasteiger partial charge in [-0.25, -0.2) is 9.37 Å². The minimum absolute atomic E-state index is 0. The van der Waals surface area contributed by atoms with Crippen LogP contribution in [0.15, 0.2) is 48.5 Å². The van der Waals surface area contributed by atoms with E-state index in [1.165, 1.54) is 23.3 Å². The van der Waals surface area contributed by atoms with Gasteiger partial charge in [0.15, 0.2) is 0 Å². The summed E-state index contributed by atoms with van der Waals surface area (Å²) in [7, 11) is 0. The lowest BCUT2D eigenvalue weighted by molar-refractivity contribution is 0.614. The number of aromatic nitrogens is 2. The van der Waals surface area contributed by atoms with Crippen molar-refractivity contribution in [3.63, 3.8) is 0 Å². The first-order valence-electron chi connectivity index (χ1n) is 9.81. The van der Waals surface area contributed by atoms with Gasteiger partial charge in [0.05, 0.1) is 11.7 Å². The molecule has 1 atom stereocenters. The molecule has 152 valence electrons. The lowest BCUT2D eigenvalue weighted by atomic mass is 9.93. The zero-order valence-electron chi connectivity index (χ0n) is 16.9. The van der Waals surface area contributed by atoms with Crippen LogP contribution in [0.3, 0.4) is 0 Å². The number of nitrogens with one attached hydrogen (secondary N) is 1. The third-order valence-corrected chi connectivity index (χ3v) is 5.52. The van der Waals surface area contributed by atoms with Crippen molar-refractivity contribution in [2.24, 2.45) is 0 Å². The SMILES string of the molecule is CCc1nc(Nc2ccc(F)cc2)nc(N2CCc3ccccc3C2C)c1C.Cl. The van der Waals surface area contributed by atoms with E-state index in [0.29, 0.717) is 5.95 Å². The summed E-state index contributed by atoms with van der Waals surface area (Å²) in [5.74, 6) is 1.26. The van der Waals surface area contributed by atoms with E-state index >= 15 is 0 Å². The molecule has 4 rings (SSSR count). The molecule has 29 heavy (non-hydrogen) atoms. The molecule has 0 radical (unpaired) electrons. The summed E-state index contributed by atoms with van der Waals surface area (Å²) in [6.45, 7) is 7.37. The second-order valence-electron chi connectivity index (χ2n) is 7.25. The van der Waals surface area contributed by atoms with Gasteiger partial charge in [-0.2, -0.15) is 4.98 Å². The molecule has 0 saturated carbocycles. The predicted octanol–water partition coefficient (Wildman–Crippen LogP) is 5.78. The molecule has 1 aliphatic heterocycles. The summed E-state index contributed by atoms with van der Waals surface area (Å²) in [4.78, 5) is 11.9. The van der Waals surface area contributed by atoms with Crippen molar-refractivity contribution < 1.29 is 4.39 Å². The maximum absolute atomic E-state index is 13.2. The highest BCUT2D eigenvalue weighted by Crippen LogP contribution is 2.35. The maximum atomic E-state index is 13.2. The summed E-state index contributed by atoms with van der Waals surface area (Å²) in [6.07, 6.45) is 1.84. The minimum atomic E-state index is -0.258.